The minimum atomic E-state index is -0.449. The fourth-order valence-corrected chi connectivity index (χ4v) is 1.54. The van der Waals surface area contributed by atoms with Gasteiger partial charge >= 0.3 is 6.03 Å². The molecule has 104 valence electrons. The Morgan fingerprint density at radius 1 is 1.37 bits per heavy atom. The van der Waals surface area contributed by atoms with Crippen LogP contribution in [0.3, 0.4) is 0 Å². The van der Waals surface area contributed by atoms with Gasteiger partial charge in [-0.3, -0.25) is 10.1 Å². The van der Waals surface area contributed by atoms with E-state index in [4.69, 9.17) is 0 Å². The number of nitro benzene ring substituents is 1. The van der Waals surface area contributed by atoms with Gasteiger partial charge in [0, 0.05) is 18.7 Å². The van der Waals surface area contributed by atoms with Gasteiger partial charge in [0.2, 0.25) is 0 Å². The largest absolute Gasteiger partial charge is 0.338 e. The Kier molecular flexibility index (Phi) is 5.29. The lowest BCUT2D eigenvalue weighted by Crippen LogP contribution is -2.38. The van der Waals surface area contributed by atoms with E-state index in [0.29, 0.717) is 18.0 Å². The molecule has 0 fully saturated rings. The van der Waals surface area contributed by atoms with Gasteiger partial charge in [-0.05, 0) is 18.4 Å². The van der Waals surface area contributed by atoms with Crippen molar-refractivity contribution in [3.8, 4) is 0 Å². The Hall–Kier alpha value is -2.11. The average Bonchev–Trinajstić information content (AvgIpc) is 2.36. The molecule has 0 aliphatic heterocycles. The number of hydrogen-bond donors (Lipinski definition) is 2. The van der Waals surface area contributed by atoms with Crippen molar-refractivity contribution in [2.75, 3.05) is 6.54 Å². The van der Waals surface area contributed by atoms with Gasteiger partial charge in [-0.25, -0.2) is 4.79 Å². The highest BCUT2D eigenvalue weighted by atomic mass is 16.6. The third-order valence-corrected chi connectivity index (χ3v) is 2.60. The minimum absolute atomic E-state index is 0.0220. The van der Waals surface area contributed by atoms with E-state index >= 15 is 0 Å². The Morgan fingerprint density at radius 3 is 2.63 bits per heavy atom. The maximum Gasteiger partial charge on any atom is 0.315 e. The van der Waals surface area contributed by atoms with Crippen molar-refractivity contribution in [1.29, 1.82) is 0 Å². The summed E-state index contributed by atoms with van der Waals surface area (Å²) >= 11 is 0. The molecule has 0 bridgehead atoms. The van der Waals surface area contributed by atoms with Crippen LogP contribution in [0.1, 0.15) is 32.4 Å². The number of carbonyl (C=O) groups excluding carboxylic acids is 1. The van der Waals surface area contributed by atoms with E-state index in [1.807, 2.05) is 13.8 Å². The Bertz CT molecular complexity index is 460. The number of nitro groups is 1. The van der Waals surface area contributed by atoms with Crippen LogP contribution in [0.25, 0.3) is 0 Å². The van der Waals surface area contributed by atoms with Crippen LogP contribution >= 0.6 is 0 Å². The number of benzene rings is 1. The predicted octanol–water partition coefficient (Wildman–Crippen LogP) is 2.61. The number of carbonyl (C=O) groups is 1. The van der Waals surface area contributed by atoms with Crippen LogP contribution in [-0.4, -0.2) is 17.5 Å². The second kappa shape index (κ2) is 6.72. The molecule has 19 heavy (non-hydrogen) atoms. The minimum Gasteiger partial charge on any atom is -0.338 e. The predicted molar refractivity (Wildman–Crippen MR) is 72.9 cm³/mol. The summed E-state index contributed by atoms with van der Waals surface area (Å²) in [5, 5.41) is 16.2. The third kappa shape index (κ3) is 4.95. The number of urea groups is 1. The first kappa shape index (κ1) is 14.9. The van der Waals surface area contributed by atoms with E-state index in [1.54, 1.807) is 19.1 Å². The summed E-state index contributed by atoms with van der Waals surface area (Å²) in [6.45, 7) is 6.38. The van der Waals surface area contributed by atoms with Gasteiger partial charge in [-0.1, -0.05) is 26.0 Å². The zero-order valence-electron chi connectivity index (χ0n) is 11.3. The maximum atomic E-state index is 11.6. The average molecular weight is 265 g/mol. The lowest BCUT2D eigenvalue weighted by Gasteiger charge is -2.15. The molecule has 0 spiro atoms. The van der Waals surface area contributed by atoms with E-state index < -0.39 is 4.92 Å². The number of nitrogens with zero attached hydrogens (tertiary/aromatic N) is 1. The fourth-order valence-electron chi connectivity index (χ4n) is 1.54. The Labute approximate surface area is 112 Å². The molecular formula is C13H19N3O3. The van der Waals surface area contributed by atoms with Crippen molar-refractivity contribution in [2.45, 2.75) is 26.8 Å². The van der Waals surface area contributed by atoms with E-state index in [1.165, 1.54) is 12.1 Å². The van der Waals surface area contributed by atoms with Crippen LogP contribution in [0, 0.1) is 16.0 Å². The Balaban J connectivity index is 2.62. The first-order valence-corrected chi connectivity index (χ1v) is 6.19. The molecule has 0 radical (unpaired) electrons. The van der Waals surface area contributed by atoms with Crippen LogP contribution in [0.15, 0.2) is 24.3 Å². The molecule has 0 aliphatic rings. The highest BCUT2D eigenvalue weighted by molar-refractivity contribution is 5.74. The van der Waals surface area contributed by atoms with Gasteiger partial charge in [0.25, 0.3) is 5.69 Å². The van der Waals surface area contributed by atoms with E-state index in [2.05, 4.69) is 10.6 Å². The summed E-state index contributed by atoms with van der Waals surface area (Å²) in [5.74, 6) is 0.374. The number of nitrogens with one attached hydrogen (secondary N) is 2. The topological polar surface area (TPSA) is 84.3 Å². The van der Waals surface area contributed by atoms with E-state index in [9.17, 15) is 14.9 Å². The molecule has 0 saturated carbocycles. The molecule has 0 heterocycles. The molecule has 6 heteroatoms. The van der Waals surface area contributed by atoms with Gasteiger partial charge in [0.15, 0.2) is 0 Å². The number of amides is 2. The molecule has 0 saturated heterocycles. The van der Waals surface area contributed by atoms with E-state index in [-0.39, 0.29) is 17.8 Å². The summed E-state index contributed by atoms with van der Waals surface area (Å²) in [4.78, 5) is 21.8. The molecule has 6 nitrogen and oxygen atoms in total. The molecule has 1 unspecified atom stereocenters. The summed E-state index contributed by atoms with van der Waals surface area (Å²) in [6.07, 6.45) is 0. The second-order valence-electron chi connectivity index (χ2n) is 4.82. The number of rotatable bonds is 5. The van der Waals surface area contributed by atoms with Crippen molar-refractivity contribution in [3.63, 3.8) is 0 Å². The summed E-state index contributed by atoms with van der Waals surface area (Å²) in [7, 11) is 0. The maximum absolute atomic E-state index is 11.6. The third-order valence-electron chi connectivity index (χ3n) is 2.60. The van der Waals surface area contributed by atoms with E-state index in [0.717, 1.165) is 0 Å². The zero-order chi connectivity index (χ0) is 14.4. The van der Waals surface area contributed by atoms with Crippen molar-refractivity contribution < 1.29 is 9.72 Å². The fraction of sp³-hybridized carbons (Fsp3) is 0.462. The van der Waals surface area contributed by atoms with Gasteiger partial charge in [0.05, 0.1) is 11.0 Å². The number of hydrogen-bond acceptors (Lipinski definition) is 3. The van der Waals surface area contributed by atoms with Crippen molar-refractivity contribution in [2.24, 2.45) is 5.92 Å². The SMILES string of the molecule is CC(C)CNC(=O)NC(C)c1cccc([N+](=O)[O-])c1. The zero-order valence-corrected chi connectivity index (χ0v) is 11.3. The molecule has 0 aliphatic carbocycles. The van der Waals surface area contributed by atoms with Crippen LogP contribution in [-0.2, 0) is 0 Å². The Morgan fingerprint density at radius 2 is 2.05 bits per heavy atom. The lowest BCUT2D eigenvalue weighted by atomic mass is 10.1. The van der Waals surface area contributed by atoms with Gasteiger partial charge in [-0.2, -0.15) is 0 Å². The second-order valence-corrected chi connectivity index (χ2v) is 4.82. The first-order valence-electron chi connectivity index (χ1n) is 6.19. The van der Waals surface area contributed by atoms with Crippen molar-refractivity contribution in [3.05, 3.63) is 39.9 Å². The molecule has 2 amide bonds. The van der Waals surface area contributed by atoms with Crippen LogP contribution in [0.5, 0.6) is 0 Å². The standard InChI is InChI=1S/C13H19N3O3/c1-9(2)8-14-13(17)15-10(3)11-5-4-6-12(7-11)16(18)19/h4-7,9-10H,8H2,1-3H3,(H2,14,15,17). The molecule has 1 aromatic rings. The van der Waals surface area contributed by atoms with Gasteiger partial charge in [0.1, 0.15) is 0 Å². The van der Waals surface area contributed by atoms with Crippen LogP contribution in [0.2, 0.25) is 0 Å². The molecule has 1 atom stereocenters. The molecule has 0 aromatic heterocycles. The van der Waals surface area contributed by atoms with Crippen LogP contribution in [0.4, 0.5) is 10.5 Å². The van der Waals surface area contributed by atoms with Gasteiger partial charge < -0.3 is 10.6 Å². The van der Waals surface area contributed by atoms with Crippen molar-refractivity contribution >= 4 is 11.7 Å². The molecule has 2 N–H and O–H groups in total. The summed E-state index contributed by atoms with van der Waals surface area (Å²) in [5.41, 5.74) is 0.725. The summed E-state index contributed by atoms with van der Waals surface area (Å²) < 4.78 is 0. The summed E-state index contributed by atoms with van der Waals surface area (Å²) in [6, 6.07) is 5.69. The normalized spacial score (nSPS) is 12.0. The van der Waals surface area contributed by atoms with Crippen LogP contribution < -0.4 is 10.6 Å². The van der Waals surface area contributed by atoms with Crippen molar-refractivity contribution in [1.82, 2.24) is 10.6 Å². The molecular weight excluding hydrogens is 246 g/mol. The quantitative estimate of drug-likeness (QED) is 0.634. The molecule has 1 aromatic carbocycles. The number of non-ortho nitro benzene ring substituents is 1. The van der Waals surface area contributed by atoms with Gasteiger partial charge in [-0.15, -0.1) is 0 Å². The lowest BCUT2D eigenvalue weighted by molar-refractivity contribution is -0.384. The molecule has 1 rings (SSSR count). The highest BCUT2D eigenvalue weighted by Gasteiger charge is 2.13. The highest BCUT2D eigenvalue weighted by Crippen LogP contribution is 2.18. The monoisotopic (exact) mass is 265 g/mol. The first-order chi connectivity index (χ1) is 8.90. The smallest absolute Gasteiger partial charge is 0.315 e.